The summed E-state index contributed by atoms with van der Waals surface area (Å²) >= 11 is 0. The number of hydrogen-bond donors (Lipinski definition) is 0. The van der Waals surface area contributed by atoms with Crippen LogP contribution in [0.3, 0.4) is 0 Å². The van der Waals surface area contributed by atoms with Crippen molar-refractivity contribution in [3.8, 4) is 0 Å². The van der Waals surface area contributed by atoms with Gasteiger partial charge >= 0.3 is 0 Å². The van der Waals surface area contributed by atoms with E-state index in [-0.39, 0.29) is 0 Å². The Hall–Kier alpha value is -3.08. The molecule has 0 fully saturated rings. The summed E-state index contributed by atoms with van der Waals surface area (Å²) in [5, 5.41) is 11.6. The monoisotopic (exact) mass is 556 g/mol. The lowest BCUT2D eigenvalue weighted by Gasteiger charge is -2.34. The highest BCUT2D eigenvalue weighted by molar-refractivity contribution is 7.78. The van der Waals surface area contributed by atoms with Crippen molar-refractivity contribution >= 4 is 66.7 Å². The summed E-state index contributed by atoms with van der Waals surface area (Å²) in [4.78, 5) is 0. The lowest BCUT2D eigenvalue weighted by Crippen LogP contribution is -2.40. The maximum atomic E-state index is 2.64. The van der Waals surface area contributed by atoms with Crippen LogP contribution in [0.1, 0.15) is 0 Å². The molecule has 6 rings (SSSR count). The molecule has 0 nitrogen and oxygen atoms in total. The van der Waals surface area contributed by atoms with Gasteiger partial charge in [-0.2, -0.15) is 0 Å². The topological polar surface area (TPSA) is 0 Å². The number of hydrogen-bond acceptors (Lipinski definition) is 0. The molecule has 0 aromatic heterocycles. The second-order valence-corrected chi connectivity index (χ2v) is 21.6. The van der Waals surface area contributed by atoms with Gasteiger partial charge in [-0.3, -0.25) is 0 Å². The Balaban J connectivity index is 1.42. The van der Waals surface area contributed by atoms with Crippen molar-refractivity contribution in [2.45, 2.75) is 13.1 Å². The van der Waals surface area contributed by atoms with Crippen LogP contribution < -0.4 is 21.2 Å². The summed E-state index contributed by atoms with van der Waals surface area (Å²) < 4.78 is 0. The molecule has 0 heterocycles. The molecule has 6 aromatic carbocycles. The molecule has 6 aromatic rings. The van der Waals surface area contributed by atoms with Crippen molar-refractivity contribution in [3.05, 3.63) is 146 Å². The molecule has 0 N–H and O–H groups in total. The van der Waals surface area contributed by atoms with Crippen LogP contribution in [-0.4, -0.2) is 19.6 Å². The summed E-state index contributed by atoms with van der Waals surface area (Å²) in [6.45, 7) is 5.28. The first kappa shape index (κ1) is 26.2. The SMILES string of the molecule is C[Si](C)(CP(c1ccccc1)c1cccc2ccccc12)CP(c1ccccc1)c1cccc2ccccc12. The van der Waals surface area contributed by atoms with Gasteiger partial charge in [-0.1, -0.05) is 159 Å². The largest absolute Gasteiger partial charge is 0.0688 e. The van der Waals surface area contributed by atoms with Gasteiger partial charge in [-0.15, -0.1) is 0 Å². The van der Waals surface area contributed by atoms with E-state index < -0.39 is 23.9 Å². The predicted octanol–water partition coefficient (Wildman–Crippen LogP) is 8.35. The fourth-order valence-corrected chi connectivity index (χ4v) is 19.8. The third kappa shape index (κ3) is 5.78. The minimum Gasteiger partial charge on any atom is -0.0688 e. The second-order valence-electron chi connectivity index (χ2n) is 11.0. The van der Waals surface area contributed by atoms with Crippen molar-refractivity contribution in [2.75, 3.05) is 11.6 Å². The molecule has 2 unspecified atom stereocenters. The molecule has 0 bridgehead atoms. The van der Waals surface area contributed by atoms with Crippen LogP contribution in [0.2, 0.25) is 13.1 Å². The van der Waals surface area contributed by atoms with Gasteiger partial charge in [0.25, 0.3) is 0 Å². The smallest absolute Gasteiger partial charge is 0.0572 e. The summed E-state index contributed by atoms with van der Waals surface area (Å²) in [6.07, 6.45) is 0. The van der Waals surface area contributed by atoms with E-state index >= 15 is 0 Å². The maximum absolute atomic E-state index is 2.64. The van der Waals surface area contributed by atoms with Crippen LogP contribution in [0, 0.1) is 0 Å². The van der Waals surface area contributed by atoms with Crippen molar-refractivity contribution in [2.24, 2.45) is 0 Å². The van der Waals surface area contributed by atoms with Gasteiger partial charge in [0.15, 0.2) is 0 Å². The third-order valence-corrected chi connectivity index (χ3v) is 20.6. The molecule has 0 saturated heterocycles. The lowest BCUT2D eigenvalue weighted by molar-refractivity contribution is 1.61. The molecule has 0 aliphatic rings. The molecule has 39 heavy (non-hydrogen) atoms. The molecule has 192 valence electrons. The molecule has 3 heteroatoms. The molecule has 0 aliphatic heterocycles. The highest BCUT2D eigenvalue weighted by Gasteiger charge is 2.32. The van der Waals surface area contributed by atoms with Gasteiger partial charge in [0.1, 0.15) is 0 Å². The van der Waals surface area contributed by atoms with Gasteiger partial charge in [-0.05, 0) is 70.2 Å². The second kappa shape index (κ2) is 11.6. The number of rotatable bonds is 8. The van der Waals surface area contributed by atoms with Crippen molar-refractivity contribution in [3.63, 3.8) is 0 Å². The van der Waals surface area contributed by atoms with Crippen LogP contribution in [0.4, 0.5) is 0 Å². The predicted molar refractivity (Wildman–Crippen MR) is 180 cm³/mol. The maximum Gasteiger partial charge on any atom is 0.0572 e. The summed E-state index contributed by atoms with van der Waals surface area (Å²) in [5.41, 5.74) is 0. The first-order valence-electron chi connectivity index (χ1n) is 13.7. The zero-order valence-electron chi connectivity index (χ0n) is 22.7. The zero-order valence-corrected chi connectivity index (χ0v) is 25.5. The normalized spacial score (nSPS) is 13.4. The molecule has 0 aliphatic carbocycles. The van der Waals surface area contributed by atoms with Crippen molar-refractivity contribution in [1.29, 1.82) is 0 Å². The quantitative estimate of drug-likeness (QED) is 0.131. The number of fused-ring (bicyclic) bond motifs is 2. The van der Waals surface area contributed by atoms with Gasteiger partial charge in [0.05, 0.1) is 8.07 Å². The van der Waals surface area contributed by atoms with Gasteiger partial charge in [0, 0.05) is 0 Å². The summed E-state index contributed by atoms with van der Waals surface area (Å²) in [6, 6.07) is 54.4. The lowest BCUT2D eigenvalue weighted by atomic mass is 10.1. The highest BCUT2D eigenvalue weighted by atomic mass is 31.1. The van der Waals surface area contributed by atoms with Crippen molar-refractivity contribution < 1.29 is 0 Å². The molecule has 0 amide bonds. The Morgan fingerprint density at radius 1 is 0.410 bits per heavy atom. The van der Waals surface area contributed by atoms with Crippen LogP contribution in [0.25, 0.3) is 21.5 Å². The van der Waals surface area contributed by atoms with Gasteiger partial charge in [-0.25, -0.2) is 0 Å². The Labute approximate surface area is 236 Å². The third-order valence-electron chi connectivity index (χ3n) is 7.42. The summed E-state index contributed by atoms with van der Waals surface area (Å²) in [7, 11) is -2.62. The van der Waals surface area contributed by atoms with Gasteiger partial charge < -0.3 is 0 Å². The molecule has 0 saturated carbocycles. The molecule has 0 radical (unpaired) electrons. The van der Waals surface area contributed by atoms with E-state index in [1.54, 1.807) is 0 Å². The molecular weight excluding hydrogens is 522 g/mol. The average Bonchev–Trinajstić information content (AvgIpc) is 2.99. The fraction of sp³-hybridized carbons (Fsp3) is 0.111. The summed E-state index contributed by atoms with van der Waals surface area (Å²) in [5.74, 6) is 2.58. The Morgan fingerprint density at radius 2 is 0.769 bits per heavy atom. The first-order chi connectivity index (χ1) is 19.1. The molecule has 2 atom stereocenters. The van der Waals surface area contributed by atoms with E-state index in [0.29, 0.717) is 0 Å². The van der Waals surface area contributed by atoms with Crippen LogP contribution in [0.5, 0.6) is 0 Å². The van der Waals surface area contributed by atoms with E-state index in [4.69, 9.17) is 0 Å². The van der Waals surface area contributed by atoms with Crippen LogP contribution in [0.15, 0.2) is 146 Å². The highest BCUT2D eigenvalue weighted by Crippen LogP contribution is 2.44. The Bertz CT molecular complexity index is 1560. The zero-order chi connectivity index (χ0) is 26.7. The molecular formula is C36H34P2Si. The Morgan fingerprint density at radius 3 is 1.21 bits per heavy atom. The fourth-order valence-electron chi connectivity index (χ4n) is 5.64. The molecule has 0 spiro atoms. The van der Waals surface area contributed by atoms with E-state index in [1.165, 1.54) is 54.3 Å². The average molecular weight is 557 g/mol. The minimum atomic E-state index is -1.68. The van der Waals surface area contributed by atoms with E-state index in [2.05, 4.69) is 159 Å². The van der Waals surface area contributed by atoms with Crippen LogP contribution in [-0.2, 0) is 0 Å². The van der Waals surface area contributed by atoms with E-state index in [1.807, 2.05) is 0 Å². The Kier molecular flexibility index (Phi) is 7.76. The van der Waals surface area contributed by atoms with E-state index in [0.717, 1.165) is 0 Å². The van der Waals surface area contributed by atoms with Crippen molar-refractivity contribution in [1.82, 2.24) is 0 Å². The first-order valence-corrected chi connectivity index (χ1v) is 20.2. The van der Waals surface area contributed by atoms with E-state index in [9.17, 15) is 0 Å². The van der Waals surface area contributed by atoms with Crippen LogP contribution >= 0.6 is 15.8 Å². The van der Waals surface area contributed by atoms with Gasteiger partial charge in [0.2, 0.25) is 0 Å². The number of benzene rings is 6. The minimum absolute atomic E-state index is 0.470. The standard InChI is InChI=1S/C36H34P2Si/c1-39(2,27-37(31-19-5-3-6-20-31)35-25-13-17-29-15-9-11-23-33(29)35)28-38(32-21-7-4-8-22-32)36-26-14-18-30-16-10-12-24-34(30)36/h3-26H,27-28H2,1-2H3.